The van der Waals surface area contributed by atoms with E-state index in [9.17, 15) is 9.59 Å². The van der Waals surface area contributed by atoms with Crippen LogP contribution < -0.4 is 31.5 Å². The van der Waals surface area contributed by atoms with E-state index in [4.69, 9.17) is 30.5 Å². The Morgan fingerprint density at radius 1 is 1.14 bits per heavy atom. The van der Waals surface area contributed by atoms with Crippen molar-refractivity contribution in [3.63, 3.8) is 0 Å². The molecule has 0 spiro atoms. The number of carboxylic acids is 1. The summed E-state index contributed by atoms with van der Waals surface area (Å²) in [6, 6.07) is 15.3. The molecule has 0 aliphatic heterocycles. The van der Waals surface area contributed by atoms with Crippen molar-refractivity contribution < 1.29 is 24.2 Å². The highest BCUT2D eigenvalue weighted by Gasteiger charge is 2.23. The molecule has 14 nitrogen and oxygen atoms in total. The Balaban J connectivity index is 0.00000119. The molecule has 7 N–H and O–H groups in total. The summed E-state index contributed by atoms with van der Waals surface area (Å²) in [4.78, 5) is 40.8. The molecule has 0 fully saturated rings. The minimum atomic E-state index is -0.833. The largest absolute Gasteiger partial charge is 0.490 e. The highest BCUT2D eigenvalue weighted by atomic mass is 16.5. The van der Waals surface area contributed by atoms with E-state index in [2.05, 4.69) is 25.7 Å². The van der Waals surface area contributed by atoms with Gasteiger partial charge in [-0.1, -0.05) is 12.1 Å². The number of carbonyl (C=O) groups excluding carboxylic acids is 1. The Hall–Kier alpha value is -5.66. The van der Waals surface area contributed by atoms with Crippen molar-refractivity contribution in [3.8, 4) is 17.3 Å². The molecule has 1 atom stereocenters. The Kier molecular flexibility index (Phi) is 11.0. The number of H-pyrrole nitrogens is 1. The third-order valence-electron chi connectivity index (χ3n) is 5.84. The first-order valence-corrected chi connectivity index (χ1v) is 13.2. The minimum absolute atomic E-state index is 0.0411. The number of hydrogen-bond donors (Lipinski definition) is 6. The van der Waals surface area contributed by atoms with Crippen molar-refractivity contribution in [1.29, 1.82) is 5.41 Å². The van der Waals surface area contributed by atoms with Crippen molar-refractivity contribution in [2.45, 2.75) is 26.8 Å². The standard InChI is InChI=1S/C27H30N8O4.C2H4O2/c1-4-38-21-14-18(9-12-20(21)39-15-22(36)30-3)23(32-19-10-7-17(8-11-19)24(28)29)25-33-27(37)35(34-25)26-16(2)6-5-13-31-26;1-2(3)4/h5-14,23,32H,4,15H2,1-3H3,(H3,28,29)(H,30,36)(H,33,34,37);1H3,(H,3,4). The van der Waals surface area contributed by atoms with Gasteiger partial charge in [-0.05, 0) is 67.4 Å². The van der Waals surface area contributed by atoms with Gasteiger partial charge >= 0.3 is 5.69 Å². The Labute approximate surface area is 247 Å². The van der Waals surface area contributed by atoms with Crippen LogP contribution in [0.2, 0.25) is 0 Å². The van der Waals surface area contributed by atoms with Gasteiger partial charge in [-0.3, -0.25) is 20.0 Å². The van der Waals surface area contributed by atoms with Crippen LogP contribution in [-0.4, -0.2) is 62.8 Å². The molecule has 1 unspecified atom stereocenters. The first kappa shape index (κ1) is 31.9. The number of rotatable bonds is 11. The van der Waals surface area contributed by atoms with Crippen LogP contribution >= 0.6 is 0 Å². The zero-order valence-electron chi connectivity index (χ0n) is 24.2. The van der Waals surface area contributed by atoms with Gasteiger partial charge in [0.15, 0.2) is 29.7 Å². The molecule has 0 saturated carbocycles. The van der Waals surface area contributed by atoms with Crippen LogP contribution in [0, 0.1) is 12.3 Å². The average molecular weight is 591 g/mol. The molecule has 0 bridgehead atoms. The van der Waals surface area contributed by atoms with Crippen molar-refractivity contribution >= 4 is 23.4 Å². The summed E-state index contributed by atoms with van der Waals surface area (Å²) in [5, 5.41) is 25.5. The van der Waals surface area contributed by atoms with E-state index >= 15 is 0 Å². The number of amides is 1. The first-order valence-electron chi connectivity index (χ1n) is 13.2. The van der Waals surface area contributed by atoms with Crippen molar-refractivity contribution in [3.05, 3.63) is 93.8 Å². The van der Waals surface area contributed by atoms with Crippen molar-refractivity contribution in [2.24, 2.45) is 5.73 Å². The van der Waals surface area contributed by atoms with E-state index < -0.39 is 17.7 Å². The van der Waals surface area contributed by atoms with Gasteiger partial charge in [0.05, 0.1) is 6.61 Å². The summed E-state index contributed by atoms with van der Waals surface area (Å²) >= 11 is 0. The zero-order valence-corrected chi connectivity index (χ0v) is 24.2. The fourth-order valence-electron chi connectivity index (χ4n) is 3.84. The Morgan fingerprint density at radius 3 is 2.44 bits per heavy atom. The molecule has 4 aromatic rings. The number of amidine groups is 1. The van der Waals surface area contributed by atoms with Crippen LogP contribution in [0.1, 0.15) is 42.4 Å². The van der Waals surface area contributed by atoms with Gasteiger partial charge < -0.3 is 30.9 Å². The molecule has 0 aliphatic rings. The number of aromatic nitrogens is 4. The molecular formula is C29H34N8O6. The van der Waals surface area contributed by atoms with E-state index in [1.54, 1.807) is 54.7 Å². The van der Waals surface area contributed by atoms with Gasteiger partial charge in [-0.2, -0.15) is 4.68 Å². The lowest BCUT2D eigenvalue weighted by molar-refractivity contribution is -0.134. The quantitative estimate of drug-likeness (QED) is 0.111. The summed E-state index contributed by atoms with van der Waals surface area (Å²) in [5.41, 5.74) is 7.94. The maximum atomic E-state index is 13.0. The smallest absolute Gasteiger partial charge is 0.349 e. The molecule has 14 heteroatoms. The minimum Gasteiger partial charge on any atom is -0.490 e. The number of carbonyl (C=O) groups is 2. The third-order valence-corrected chi connectivity index (χ3v) is 5.84. The van der Waals surface area contributed by atoms with Gasteiger partial charge in [-0.25, -0.2) is 9.78 Å². The summed E-state index contributed by atoms with van der Waals surface area (Å²) < 4.78 is 12.7. The van der Waals surface area contributed by atoms with Gasteiger partial charge in [0.1, 0.15) is 11.9 Å². The highest BCUT2D eigenvalue weighted by Crippen LogP contribution is 2.33. The van der Waals surface area contributed by atoms with E-state index in [1.807, 2.05) is 19.9 Å². The molecule has 0 radical (unpaired) electrons. The van der Waals surface area contributed by atoms with Gasteiger partial charge in [-0.15, -0.1) is 5.10 Å². The molecule has 0 saturated heterocycles. The normalized spacial score (nSPS) is 11.0. The van der Waals surface area contributed by atoms with Crippen LogP contribution in [0.4, 0.5) is 5.69 Å². The summed E-state index contributed by atoms with van der Waals surface area (Å²) in [6.45, 7) is 4.98. The average Bonchev–Trinajstić information content (AvgIpc) is 3.36. The Morgan fingerprint density at radius 2 is 1.84 bits per heavy atom. The monoisotopic (exact) mass is 590 g/mol. The number of carboxylic acid groups (broad SMARTS) is 1. The number of hydrogen-bond acceptors (Lipinski definition) is 9. The second-order valence-electron chi connectivity index (χ2n) is 9.06. The number of aromatic amines is 1. The summed E-state index contributed by atoms with van der Waals surface area (Å²) in [6.07, 6.45) is 1.60. The summed E-state index contributed by atoms with van der Waals surface area (Å²) in [7, 11) is 1.53. The maximum Gasteiger partial charge on any atom is 0.349 e. The van der Waals surface area contributed by atoms with Gasteiger partial charge in [0, 0.05) is 31.4 Å². The number of nitrogens with zero attached hydrogens (tertiary/aromatic N) is 3. The van der Waals surface area contributed by atoms with Crippen molar-refractivity contribution in [2.75, 3.05) is 25.6 Å². The number of nitrogens with one attached hydrogen (secondary N) is 4. The highest BCUT2D eigenvalue weighted by molar-refractivity contribution is 5.95. The van der Waals surface area contributed by atoms with E-state index in [1.165, 1.54) is 11.7 Å². The van der Waals surface area contributed by atoms with E-state index in [-0.39, 0.29) is 18.3 Å². The number of aliphatic carboxylic acids is 1. The number of ether oxygens (including phenoxy) is 2. The number of benzene rings is 2. The molecule has 43 heavy (non-hydrogen) atoms. The van der Waals surface area contributed by atoms with Crippen LogP contribution in [0.25, 0.3) is 5.82 Å². The molecule has 2 aromatic carbocycles. The molecule has 2 aromatic heterocycles. The number of nitrogens with two attached hydrogens (primary N) is 1. The first-order chi connectivity index (χ1) is 20.5. The molecule has 226 valence electrons. The number of anilines is 1. The maximum absolute atomic E-state index is 13.0. The van der Waals surface area contributed by atoms with Gasteiger partial charge in [0.2, 0.25) is 0 Å². The lowest BCUT2D eigenvalue weighted by atomic mass is 10.0. The zero-order chi connectivity index (χ0) is 31.5. The molecule has 0 aliphatic carbocycles. The van der Waals surface area contributed by atoms with Crippen LogP contribution in [0.5, 0.6) is 11.5 Å². The fourth-order valence-corrected chi connectivity index (χ4v) is 3.84. The van der Waals surface area contributed by atoms with Crippen LogP contribution in [-0.2, 0) is 9.59 Å². The number of nitrogen functional groups attached to an aromatic ring is 1. The second-order valence-corrected chi connectivity index (χ2v) is 9.06. The van der Waals surface area contributed by atoms with E-state index in [0.29, 0.717) is 46.6 Å². The topological polar surface area (TPSA) is 210 Å². The lowest BCUT2D eigenvalue weighted by Gasteiger charge is -2.20. The second kappa shape index (κ2) is 14.8. The molecule has 4 rings (SSSR count). The SMILES string of the molecule is CC(=O)O.CCOc1cc(C(Nc2ccc(C(=N)N)cc2)c2nn(-c3ncccc3C)c(=O)[nH]2)ccc1OCC(=O)NC. The lowest BCUT2D eigenvalue weighted by Crippen LogP contribution is -2.25. The number of pyridine rings is 1. The molecule has 2 heterocycles. The van der Waals surface area contributed by atoms with Crippen LogP contribution in [0.3, 0.4) is 0 Å². The summed E-state index contributed by atoms with van der Waals surface area (Å²) in [5.74, 6) is 0.435. The predicted octanol–water partition coefficient (Wildman–Crippen LogP) is 2.36. The number of likely N-dealkylation sites (N-methyl/N-ethyl adjacent to an activating group) is 1. The van der Waals surface area contributed by atoms with Crippen molar-refractivity contribution in [1.82, 2.24) is 25.1 Å². The fraction of sp³-hybridized carbons (Fsp3) is 0.241. The van der Waals surface area contributed by atoms with Crippen LogP contribution in [0.15, 0.2) is 65.6 Å². The number of aryl methyl sites for hydroxylation is 1. The molecular weight excluding hydrogens is 556 g/mol. The molecule has 1 amide bonds. The predicted molar refractivity (Wildman–Crippen MR) is 160 cm³/mol. The third kappa shape index (κ3) is 8.66. The van der Waals surface area contributed by atoms with E-state index in [0.717, 1.165) is 12.5 Å². The van der Waals surface area contributed by atoms with Gasteiger partial charge in [0.25, 0.3) is 11.9 Å². The Bertz CT molecular complexity index is 1630.